The summed E-state index contributed by atoms with van der Waals surface area (Å²) in [6.07, 6.45) is 1.81. The van der Waals surface area contributed by atoms with Crippen LogP contribution >= 0.6 is 0 Å². The van der Waals surface area contributed by atoms with E-state index in [-0.39, 0.29) is 0 Å². The largest absolute Gasteiger partial charge is 0.401 e. The van der Waals surface area contributed by atoms with Crippen molar-refractivity contribution in [2.45, 2.75) is 13.8 Å². The Hall–Kier alpha value is -1.57. The second-order valence-corrected chi connectivity index (χ2v) is 2.94. The highest BCUT2D eigenvalue weighted by Crippen LogP contribution is 2.00. The first-order valence-corrected chi connectivity index (χ1v) is 4.22. The van der Waals surface area contributed by atoms with Crippen LogP contribution < -0.4 is 5.73 Å². The highest BCUT2D eigenvalue weighted by atomic mass is 14.8. The maximum atomic E-state index is 5.57. The summed E-state index contributed by atoms with van der Waals surface area (Å²) in [5, 5.41) is 0. The molecule has 0 saturated carbocycles. The molecular weight excluding hydrogens is 160 g/mol. The van der Waals surface area contributed by atoms with E-state index in [1.807, 2.05) is 50.4 Å². The molecule has 13 heavy (non-hydrogen) atoms. The Morgan fingerprint density at radius 2 is 1.85 bits per heavy atom. The van der Waals surface area contributed by atoms with Gasteiger partial charge in [-0.3, -0.25) is 4.99 Å². The van der Waals surface area contributed by atoms with E-state index in [2.05, 4.69) is 4.99 Å². The van der Waals surface area contributed by atoms with Gasteiger partial charge in [-0.15, -0.1) is 0 Å². The van der Waals surface area contributed by atoms with Gasteiger partial charge in [0.15, 0.2) is 0 Å². The molecule has 0 saturated heterocycles. The van der Waals surface area contributed by atoms with Crippen molar-refractivity contribution in [2.75, 3.05) is 0 Å². The van der Waals surface area contributed by atoms with Gasteiger partial charge in [0.25, 0.3) is 0 Å². The van der Waals surface area contributed by atoms with Crippen LogP contribution in [0.15, 0.2) is 46.7 Å². The number of hydrogen-bond acceptors (Lipinski definition) is 2. The highest BCUT2D eigenvalue weighted by Gasteiger charge is 1.87. The normalized spacial score (nSPS) is 13.1. The molecule has 0 radical (unpaired) electrons. The van der Waals surface area contributed by atoms with Crippen molar-refractivity contribution in [1.82, 2.24) is 0 Å². The van der Waals surface area contributed by atoms with E-state index in [1.54, 1.807) is 0 Å². The molecule has 0 aromatic heterocycles. The minimum absolute atomic E-state index is 0.757. The van der Waals surface area contributed by atoms with Gasteiger partial charge in [-0.05, 0) is 19.4 Å². The zero-order valence-electron chi connectivity index (χ0n) is 7.99. The van der Waals surface area contributed by atoms with Gasteiger partial charge >= 0.3 is 0 Å². The smallest absolute Gasteiger partial charge is 0.0556 e. The fourth-order valence-corrected chi connectivity index (χ4v) is 0.812. The minimum atomic E-state index is 0.757. The topological polar surface area (TPSA) is 38.4 Å². The lowest BCUT2D eigenvalue weighted by atomic mass is 10.2. The van der Waals surface area contributed by atoms with Crippen LogP contribution in [0.5, 0.6) is 0 Å². The number of rotatable bonds is 2. The highest BCUT2D eigenvalue weighted by molar-refractivity contribution is 5.80. The third-order valence-corrected chi connectivity index (χ3v) is 1.78. The summed E-state index contributed by atoms with van der Waals surface area (Å²) in [5.74, 6) is 0. The summed E-state index contributed by atoms with van der Waals surface area (Å²) in [6.45, 7) is 3.74. The average Bonchev–Trinajstić information content (AvgIpc) is 2.15. The lowest BCUT2D eigenvalue weighted by Crippen LogP contribution is -1.94. The molecule has 0 fully saturated rings. The zero-order chi connectivity index (χ0) is 9.68. The number of nitrogens with two attached hydrogens (primary N) is 1. The van der Waals surface area contributed by atoms with E-state index in [4.69, 9.17) is 5.73 Å². The first-order chi connectivity index (χ1) is 6.20. The Labute approximate surface area is 78.8 Å². The first kappa shape index (κ1) is 9.52. The van der Waals surface area contributed by atoms with Crippen LogP contribution in [0.1, 0.15) is 19.4 Å². The van der Waals surface area contributed by atoms with Crippen LogP contribution in [0.4, 0.5) is 0 Å². The van der Waals surface area contributed by atoms with Crippen molar-refractivity contribution in [3.8, 4) is 0 Å². The first-order valence-electron chi connectivity index (χ1n) is 4.22. The summed E-state index contributed by atoms with van der Waals surface area (Å²) in [6, 6.07) is 9.95. The van der Waals surface area contributed by atoms with E-state index >= 15 is 0 Å². The summed E-state index contributed by atoms with van der Waals surface area (Å²) >= 11 is 0. The third kappa shape index (κ3) is 3.11. The molecule has 1 aromatic rings. The van der Waals surface area contributed by atoms with Gasteiger partial charge in [-0.2, -0.15) is 0 Å². The molecule has 0 atom stereocenters. The molecule has 0 aliphatic rings. The predicted octanol–water partition coefficient (Wildman–Crippen LogP) is 2.32. The van der Waals surface area contributed by atoms with Crippen molar-refractivity contribution >= 4 is 6.21 Å². The second-order valence-electron chi connectivity index (χ2n) is 2.94. The average molecular weight is 174 g/mol. The van der Waals surface area contributed by atoms with Crippen molar-refractivity contribution in [1.29, 1.82) is 0 Å². The molecule has 0 heterocycles. The molecule has 2 N–H and O–H groups in total. The van der Waals surface area contributed by atoms with Gasteiger partial charge in [0.05, 0.1) is 5.70 Å². The molecular formula is C11H14N2. The fourth-order valence-electron chi connectivity index (χ4n) is 0.812. The number of nitrogens with zero attached hydrogens (tertiary/aromatic N) is 1. The second kappa shape index (κ2) is 4.45. The van der Waals surface area contributed by atoms with Crippen molar-refractivity contribution in [3.05, 3.63) is 47.3 Å². The molecule has 1 aromatic carbocycles. The summed E-state index contributed by atoms with van der Waals surface area (Å²) in [4.78, 5) is 4.22. The molecule has 68 valence electrons. The third-order valence-electron chi connectivity index (χ3n) is 1.78. The number of benzene rings is 1. The van der Waals surface area contributed by atoms with Gasteiger partial charge in [0.2, 0.25) is 0 Å². The Morgan fingerprint density at radius 3 is 2.38 bits per heavy atom. The number of hydrogen-bond donors (Lipinski definition) is 1. The molecule has 0 bridgehead atoms. The van der Waals surface area contributed by atoms with E-state index in [0.29, 0.717) is 0 Å². The molecule has 1 rings (SSSR count). The monoisotopic (exact) mass is 174 g/mol. The number of allylic oxidation sites excluding steroid dienone is 2. The molecule has 0 aliphatic carbocycles. The maximum Gasteiger partial charge on any atom is 0.0556 e. The Balaban J connectivity index is 2.76. The standard InChI is InChI=1S/C11H14N2/c1-9(12)10(2)13-8-11-6-4-3-5-7-11/h3-8H,12H2,1-2H3. The van der Waals surface area contributed by atoms with E-state index in [1.165, 1.54) is 0 Å². The van der Waals surface area contributed by atoms with Crippen LogP contribution in [0.3, 0.4) is 0 Å². The van der Waals surface area contributed by atoms with Crippen molar-refractivity contribution in [3.63, 3.8) is 0 Å². The summed E-state index contributed by atoms with van der Waals surface area (Å²) < 4.78 is 0. The van der Waals surface area contributed by atoms with Crippen molar-refractivity contribution < 1.29 is 0 Å². The molecule has 0 unspecified atom stereocenters. The lowest BCUT2D eigenvalue weighted by Gasteiger charge is -1.95. The van der Waals surface area contributed by atoms with E-state index < -0.39 is 0 Å². The van der Waals surface area contributed by atoms with Gasteiger partial charge in [0.1, 0.15) is 0 Å². The van der Waals surface area contributed by atoms with Gasteiger partial charge in [0, 0.05) is 11.9 Å². The molecule has 2 nitrogen and oxygen atoms in total. The van der Waals surface area contributed by atoms with Crippen molar-refractivity contribution in [2.24, 2.45) is 10.7 Å². The Bertz CT molecular complexity index is 319. The van der Waals surface area contributed by atoms with Crippen LogP contribution in [-0.4, -0.2) is 6.21 Å². The van der Waals surface area contributed by atoms with Gasteiger partial charge < -0.3 is 5.73 Å². The quantitative estimate of drug-likeness (QED) is 0.686. The van der Waals surface area contributed by atoms with Crippen LogP contribution in [0, 0.1) is 0 Å². The molecule has 0 aliphatic heterocycles. The number of aliphatic imine (C=N–C) groups is 1. The fraction of sp³-hybridized carbons (Fsp3) is 0.182. The lowest BCUT2D eigenvalue weighted by molar-refractivity contribution is 1.16. The predicted molar refractivity (Wildman–Crippen MR) is 56.6 cm³/mol. The Kier molecular flexibility index (Phi) is 3.26. The summed E-state index contributed by atoms with van der Waals surface area (Å²) in [7, 11) is 0. The van der Waals surface area contributed by atoms with Gasteiger partial charge in [-0.1, -0.05) is 30.3 Å². The summed E-state index contributed by atoms with van der Waals surface area (Å²) in [5.41, 5.74) is 8.27. The molecule has 0 spiro atoms. The van der Waals surface area contributed by atoms with E-state index in [9.17, 15) is 0 Å². The van der Waals surface area contributed by atoms with Crippen LogP contribution in [0.2, 0.25) is 0 Å². The molecule has 0 amide bonds. The maximum absolute atomic E-state index is 5.57. The van der Waals surface area contributed by atoms with Crippen LogP contribution in [0.25, 0.3) is 0 Å². The Morgan fingerprint density at radius 1 is 1.23 bits per heavy atom. The minimum Gasteiger partial charge on any atom is -0.401 e. The van der Waals surface area contributed by atoms with E-state index in [0.717, 1.165) is 17.0 Å². The SMILES string of the molecule is CC(N)=C(C)N=Cc1ccccc1. The van der Waals surface area contributed by atoms with Crippen LogP contribution in [-0.2, 0) is 0 Å². The molecule has 2 heteroatoms. The zero-order valence-corrected chi connectivity index (χ0v) is 7.99. The van der Waals surface area contributed by atoms with Gasteiger partial charge in [-0.25, -0.2) is 0 Å².